The summed E-state index contributed by atoms with van der Waals surface area (Å²) in [6.45, 7) is 3.91. The van der Waals surface area contributed by atoms with Crippen LogP contribution < -0.4 is 16.0 Å². The third kappa shape index (κ3) is 4.92. The number of carbonyl (C=O) groups is 4. The number of nitrogens with zero attached hydrogens (tertiary/aromatic N) is 2. The van der Waals surface area contributed by atoms with Crippen LogP contribution in [-0.4, -0.2) is 72.2 Å². The van der Waals surface area contributed by atoms with Crippen LogP contribution in [0.25, 0.3) is 0 Å². The quantitative estimate of drug-likeness (QED) is 0.554. The number of carbonyl (C=O) groups excluding carboxylic acids is 4. The van der Waals surface area contributed by atoms with E-state index in [-0.39, 0.29) is 55.5 Å². The van der Waals surface area contributed by atoms with Gasteiger partial charge in [-0.3, -0.25) is 29.4 Å². The Hall–Kier alpha value is -2.20. The number of benzene rings is 1. The number of anilines is 1. The smallest absolute Gasteiger partial charge is 0.255 e. The molecule has 30 heavy (non-hydrogen) atoms. The molecular formula is C19H25Cl2N5O4. The number of rotatable bonds is 4. The van der Waals surface area contributed by atoms with E-state index in [4.69, 9.17) is 0 Å². The zero-order chi connectivity index (χ0) is 19.7. The van der Waals surface area contributed by atoms with E-state index >= 15 is 0 Å². The molecule has 2 saturated heterocycles. The van der Waals surface area contributed by atoms with Crippen molar-refractivity contribution in [3.05, 3.63) is 29.3 Å². The van der Waals surface area contributed by atoms with Crippen molar-refractivity contribution in [1.82, 2.24) is 20.4 Å². The van der Waals surface area contributed by atoms with Gasteiger partial charge in [-0.2, -0.15) is 0 Å². The van der Waals surface area contributed by atoms with Crippen LogP contribution in [0.5, 0.6) is 0 Å². The van der Waals surface area contributed by atoms with Crippen LogP contribution in [0, 0.1) is 0 Å². The van der Waals surface area contributed by atoms with Gasteiger partial charge in [-0.15, -0.1) is 24.8 Å². The monoisotopic (exact) mass is 457 g/mol. The summed E-state index contributed by atoms with van der Waals surface area (Å²) in [5, 5.41) is 8.46. The number of amides is 4. The largest absolute Gasteiger partial charge is 0.325 e. The summed E-state index contributed by atoms with van der Waals surface area (Å²) in [5.41, 5.74) is 1.80. The number of fused-ring (bicyclic) bond motifs is 1. The Morgan fingerprint density at radius 1 is 1.13 bits per heavy atom. The SMILES string of the molecule is Cl.Cl.O=C1CCC(N2Cc3c(NC(=O)CN4CCNCC4)cccc3C2=O)C(=O)N1. The highest BCUT2D eigenvalue weighted by Crippen LogP contribution is 2.32. The van der Waals surface area contributed by atoms with Crippen molar-refractivity contribution < 1.29 is 19.2 Å². The molecule has 3 N–H and O–H groups in total. The Bertz CT molecular complexity index is 844. The number of imide groups is 1. The molecule has 1 aromatic carbocycles. The molecule has 0 aromatic heterocycles. The van der Waals surface area contributed by atoms with E-state index < -0.39 is 11.9 Å². The predicted octanol–water partition coefficient (Wildman–Crippen LogP) is 0.135. The number of piperazine rings is 1. The molecule has 3 heterocycles. The van der Waals surface area contributed by atoms with Gasteiger partial charge in [0, 0.05) is 56.0 Å². The maximum Gasteiger partial charge on any atom is 0.255 e. The first-order valence-electron chi connectivity index (χ1n) is 9.52. The lowest BCUT2D eigenvalue weighted by Gasteiger charge is -2.29. The molecule has 4 rings (SSSR count). The van der Waals surface area contributed by atoms with E-state index in [0.717, 1.165) is 26.2 Å². The molecule has 4 amide bonds. The number of piperidine rings is 1. The molecule has 3 aliphatic heterocycles. The van der Waals surface area contributed by atoms with Crippen LogP contribution in [0.2, 0.25) is 0 Å². The van der Waals surface area contributed by atoms with Gasteiger partial charge in [0.05, 0.1) is 6.54 Å². The van der Waals surface area contributed by atoms with E-state index in [0.29, 0.717) is 29.8 Å². The van der Waals surface area contributed by atoms with Crippen molar-refractivity contribution in [2.24, 2.45) is 0 Å². The van der Waals surface area contributed by atoms with Crippen molar-refractivity contribution in [3.8, 4) is 0 Å². The molecule has 164 valence electrons. The van der Waals surface area contributed by atoms with Crippen molar-refractivity contribution in [3.63, 3.8) is 0 Å². The first-order chi connectivity index (χ1) is 13.5. The van der Waals surface area contributed by atoms with Gasteiger partial charge >= 0.3 is 0 Å². The first kappa shape index (κ1) is 24.1. The highest BCUT2D eigenvalue weighted by molar-refractivity contribution is 6.06. The molecule has 11 heteroatoms. The Morgan fingerprint density at radius 2 is 1.87 bits per heavy atom. The lowest BCUT2D eigenvalue weighted by atomic mass is 10.0. The number of hydrogen-bond acceptors (Lipinski definition) is 6. The molecule has 1 aromatic rings. The Kier molecular flexibility index (Phi) is 8.19. The molecule has 2 fully saturated rings. The van der Waals surface area contributed by atoms with Crippen LogP contribution in [0.3, 0.4) is 0 Å². The van der Waals surface area contributed by atoms with E-state index in [9.17, 15) is 19.2 Å². The van der Waals surface area contributed by atoms with Gasteiger partial charge in [0.1, 0.15) is 6.04 Å². The van der Waals surface area contributed by atoms with E-state index in [2.05, 4.69) is 20.9 Å². The topological polar surface area (TPSA) is 111 Å². The van der Waals surface area contributed by atoms with Gasteiger partial charge < -0.3 is 15.5 Å². The second-order valence-corrected chi connectivity index (χ2v) is 7.31. The van der Waals surface area contributed by atoms with Gasteiger partial charge in [-0.1, -0.05) is 6.07 Å². The molecule has 0 radical (unpaired) electrons. The average Bonchev–Trinajstić information content (AvgIpc) is 3.00. The van der Waals surface area contributed by atoms with E-state index in [1.165, 1.54) is 4.90 Å². The molecule has 1 atom stereocenters. The van der Waals surface area contributed by atoms with Crippen molar-refractivity contribution in [1.29, 1.82) is 0 Å². The average molecular weight is 458 g/mol. The van der Waals surface area contributed by atoms with Crippen molar-refractivity contribution in [2.45, 2.75) is 25.4 Å². The first-order valence-corrected chi connectivity index (χ1v) is 9.52. The molecule has 0 aliphatic carbocycles. The minimum atomic E-state index is -0.665. The zero-order valence-electron chi connectivity index (χ0n) is 16.3. The summed E-state index contributed by atoms with van der Waals surface area (Å²) < 4.78 is 0. The van der Waals surface area contributed by atoms with E-state index in [1.807, 2.05) is 0 Å². The third-order valence-electron chi connectivity index (χ3n) is 5.43. The van der Waals surface area contributed by atoms with Crippen LogP contribution in [0.1, 0.15) is 28.8 Å². The Balaban J connectivity index is 0.00000160. The number of nitrogens with one attached hydrogen (secondary N) is 3. The lowest BCUT2D eigenvalue weighted by Crippen LogP contribution is -2.52. The Morgan fingerprint density at radius 3 is 2.57 bits per heavy atom. The fourth-order valence-electron chi connectivity index (χ4n) is 3.96. The summed E-state index contributed by atoms with van der Waals surface area (Å²) in [6.07, 6.45) is 0.528. The molecule has 3 aliphatic rings. The minimum absolute atomic E-state index is 0. The highest BCUT2D eigenvalue weighted by atomic mass is 35.5. The van der Waals surface area contributed by atoms with Crippen LogP contribution in [0.4, 0.5) is 5.69 Å². The molecule has 1 unspecified atom stereocenters. The highest BCUT2D eigenvalue weighted by Gasteiger charge is 2.39. The van der Waals surface area contributed by atoms with Crippen molar-refractivity contribution >= 4 is 54.1 Å². The summed E-state index contributed by atoms with van der Waals surface area (Å²) in [7, 11) is 0. The normalized spacial score (nSPS) is 21.3. The second kappa shape index (κ2) is 10.2. The predicted molar refractivity (Wildman–Crippen MR) is 115 cm³/mol. The summed E-state index contributed by atoms with van der Waals surface area (Å²) in [6, 6.07) is 4.54. The van der Waals surface area contributed by atoms with Gasteiger partial charge in [0.2, 0.25) is 17.7 Å². The lowest BCUT2D eigenvalue weighted by molar-refractivity contribution is -0.137. The van der Waals surface area contributed by atoms with Crippen LogP contribution >= 0.6 is 24.8 Å². The van der Waals surface area contributed by atoms with Crippen LogP contribution in [0.15, 0.2) is 18.2 Å². The maximum absolute atomic E-state index is 12.8. The van der Waals surface area contributed by atoms with Gasteiger partial charge in [0.15, 0.2) is 0 Å². The fourth-order valence-corrected chi connectivity index (χ4v) is 3.96. The molecular weight excluding hydrogens is 433 g/mol. The summed E-state index contributed by atoms with van der Waals surface area (Å²) in [4.78, 5) is 52.4. The number of hydrogen-bond donors (Lipinski definition) is 3. The second-order valence-electron chi connectivity index (χ2n) is 7.31. The summed E-state index contributed by atoms with van der Waals surface area (Å²) >= 11 is 0. The standard InChI is InChI=1S/C19H23N5O4.2ClH/c25-16-5-4-15(18(27)22-16)24-10-13-12(19(24)28)2-1-3-14(13)21-17(26)11-23-8-6-20-7-9-23;;/h1-3,15,20H,4-11H2,(H,21,26)(H,22,25,27);2*1H. The van der Waals surface area contributed by atoms with Gasteiger partial charge in [0.25, 0.3) is 5.91 Å². The molecule has 0 spiro atoms. The zero-order valence-corrected chi connectivity index (χ0v) is 17.9. The molecule has 0 saturated carbocycles. The van der Waals surface area contributed by atoms with E-state index in [1.54, 1.807) is 18.2 Å². The van der Waals surface area contributed by atoms with Gasteiger partial charge in [-0.25, -0.2) is 0 Å². The number of halogens is 2. The van der Waals surface area contributed by atoms with Crippen molar-refractivity contribution in [2.75, 3.05) is 38.0 Å². The third-order valence-corrected chi connectivity index (χ3v) is 5.43. The van der Waals surface area contributed by atoms with Crippen LogP contribution in [-0.2, 0) is 20.9 Å². The molecule has 9 nitrogen and oxygen atoms in total. The fraction of sp³-hybridized carbons (Fsp3) is 0.474. The Labute approximate surface area is 186 Å². The molecule has 0 bridgehead atoms. The van der Waals surface area contributed by atoms with Gasteiger partial charge in [-0.05, 0) is 18.6 Å². The minimum Gasteiger partial charge on any atom is -0.325 e. The maximum atomic E-state index is 12.8. The summed E-state index contributed by atoms with van der Waals surface area (Å²) in [5.74, 6) is -1.13.